The number of carbonyl (C=O) groups excluding carboxylic acids is 2. The molecule has 2 aliphatic rings. The fourth-order valence-electron chi connectivity index (χ4n) is 2.70. The molecule has 0 fully saturated rings. The summed E-state index contributed by atoms with van der Waals surface area (Å²) >= 11 is 0. The van der Waals surface area contributed by atoms with E-state index < -0.39 is 6.04 Å². The number of nitrogens with zero attached hydrogens (tertiary/aromatic N) is 2. The predicted molar refractivity (Wildman–Crippen MR) is 88.7 cm³/mol. The summed E-state index contributed by atoms with van der Waals surface area (Å²) in [6.07, 6.45) is 6.18. The minimum absolute atomic E-state index is 0.135. The maximum atomic E-state index is 12.7. The monoisotopic (exact) mass is 328 g/mol. The third kappa shape index (κ3) is 2.99. The van der Waals surface area contributed by atoms with Gasteiger partial charge in [-0.2, -0.15) is 0 Å². The fourth-order valence-corrected chi connectivity index (χ4v) is 2.70. The van der Waals surface area contributed by atoms with Gasteiger partial charge in [-0.15, -0.1) is 0 Å². The maximum Gasteiger partial charge on any atom is 0.251 e. The third-order valence-corrected chi connectivity index (χ3v) is 4.25. The number of rotatable bonds is 4. The Balaban J connectivity index is 1.74. The molecule has 6 nitrogen and oxygen atoms in total. The van der Waals surface area contributed by atoms with Crippen LogP contribution in [-0.2, 0) is 4.79 Å². The van der Waals surface area contributed by atoms with Crippen molar-refractivity contribution < 1.29 is 19.1 Å². The van der Waals surface area contributed by atoms with Crippen LogP contribution in [0.5, 0.6) is 11.5 Å². The van der Waals surface area contributed by atoms with E-state index in [0.717, 1.165) is 0 Å². The van der Waals surface area contributed by atoms with E-state index in [-0.39, 0.29) is 18.5 Å². The molecule has 0 bridgehead atoms. The van der Waals surface area contributed by atoms with Crippen molar-refractivity contribution in [2.24, 2.45) is 0 Å². The lowest BCUT2D eigenvalue weighted by Crippen LogP contribution is -2.41. The average molecular weight is 328 g/mol. The van der Waals surface area contributed by atoms with Crippen LogP contribution in [-0.4, -0.2) is 48.4 Å². The second kappa shape index (κ2) is 6.39. The van der Waals surface area contributed by atoms with Crippen LogP contribution in [0.4, 0.5) is 0 Å². The highest BCUT2D eigenvalue weighted by molar-refractivity contribution is 6.04. The molecule has 0 saturated heterocycles. The molecule has 0 unspecified atom stereocenters. The Labute approximate surface area is 140 Å². The predicted octanol–water partition coefficient (Wildman–Crippen LogP) is 2.18. The van der Waals surface area contributed by atoms with E-state index in [1.54, 1.807) is 38.4 Å². The van der Waals surface area contributed by atoms with Crippen molar-refractivity contribution in [2.75, 3.05) is 20.9 Å². The largest absolute Gasteiger partial charge is 0.454 e. The van der Waals surface area contributed by atoms with Crippen molar-refractivity contribution in [3.8, 4) is 11.5 Å². The number of Topliss-reactive ketones (excluding diaryl/α,β-unsaturated/α-hetero) is 1. The quantitative estimate of drug-likeness (QED) is 0.793. The van der Waals surface area contributed by atoms with Gasteiger partial charge in [-0.05, 0) is 37.7 Å². The molecule has 3 rings (SSSR count). The second-order valence-corrected chi connectivity index (χ2v) is 5.93. The minimum atomic E-state index is -0.574. The first kappa shape index (κ1) is 16.1. The first-order valence-electron chi connectivity index (χ1n) is 7.77. The summed E-state index contributed by atoms with van der Waals surface area (Å²) in [7, 11) is 3.52. The Morgan fingerprint density at radius 3 is 2.75 bits per heavy atom. The zero-order chi connectivity index (χ0) is 17.3. The van der Waals surface area contributed by atoms with E-state index in [0.29, 0.717) is 29.1 Å². The van der Waals surface area contributed by atoms with Crippen molar-refractivity contribution in [3.63, 3.8) is 0 Å². The molecule has 0 spiro atoms. The zero-order valence-corrected chi connectivity index (χ0v) is 14.0. The van der Waals surface area contributed by atoms with Gasteiger partial charge >= 0.3 is 0 Å². The summed E-state index contributed by atoms with van der Waals surface area (Å²) in [5.41, 5.74) is 1.16. The van der Waals surface area contributed by atoms with Crippen LogP contribution in [0.1, 0.15) is 23.7 Å². The lowest BCUT2D eigenvalue weighted by atomic mass is 10.0. The molecule has 2 aliphatic heterocycles. The summed E-state index contributed by atoms with van der Waals surface area (Å²) in [4.78, 5) is 28.6. The number of carbonyl (C=O) groups is 2. The number of fused-ring (bicyclic) bond motifs is 1. The number of ketones is 1. The van der Waals surface area contributed by atoms with Gasteiger partial charge in [0.05, 0.1) is 6.04 Å². The summed E-state index contributed by atoms with van der Waals surface area (Å²) in [6, 6.07) is 4.50. The topological polar surface area (TPSA) is 59.1 Å². The molecule has 1 atom stereocenters. The number of likely N-dealkylation sites (N-methyl/N-ethyl adjacent to an activating group) is 1. The van der Waals surface area contributed by atoms with Gasteiger partial charge in [-0.1, -0.05) is 6.08 Å². The first-order valence-corrected chi connectivity index (χ1v) is 7.77. The van der Waals surface area contributed by atoms with Crippen LogP contribution in [0.3, 0.4) is 0 Å². The second-order valence-electron chi connectivity index (χ2n) is 5.93. The zero-order valence-electron chi connectivity index (χ0n) is 14.0. The lowest BCUT2D eigenvalue weighted by Gasteiger charge is -2.26. The lowest BCUT2D eigenvalue weighted by molar-refractivity contribution is -0.127. The van der Waals surface area contributed by atoms with Gasteiger partial charge in [-0.3, -0.25) is 9.59 Å². The SMILES string of the molecule is C[C@@H](C(=O)c1ccc2c(c1)OCO2)N(C)C(=O)C1=CN(C)C=CC1. The molecule has 24 heavy (non-hydrogen) atoms. The van der Waals surface area contributed by atoms with Gasteiger partial charge in [0.1, 0.15) is 0 Å². The van der Waals surface area contributed by atoms with Gasteiger partial charge in [0.15, 0.2) is 17.3 Å². The maximum absolute atomic E-state index is 12.7. The van der Waals surface area contributed by atoms with Crippen LogP contribution in [0, 0.1) is 0 Å². The van der Waals surface area contributed by atoms with Crippen LogP contribution in [0.25, 0.3) is 0 Å². The summed E-state index contributed by atoms with van der Waals surface area (Å²) in [5.74, 6) is 0.909. The number of benzene rings is 1. The number of amides is 1. The van der Waals surface area contributed by atoms with Gasteiger partial charge in [0.2, 0.25) is 6.79 Å². The van der Waals surface area contributed by atoms with Gasteiger partial charge in [-0.25, -0.2) is 0 Å². The summed E-state index contributed by atoms with van der Waals surface area (Å²) in [6.45, 7) is 1.89. The van der Waals surface area contributed by atoms with Crippen LogP contribution < -0.4 is 9.47 Å². The van der Waals surface area contributed by atoms with E-state index in [1.165, 1.54) is 4.90 Å². The molecule has 0 radical (unpaired) electrons. The van der Waals surface area contributed by atoms with E-state index in [1.807, 2.05) is 24.2 Å². The molecule has 126 valence electrons. The first-order chi connectivity index (χ1) is 11.5. The molecule has 2 heterocycles. The molecule has 0 aliphatic carbocycles. The molecule has 0 N–H and O–H groups in total. The third-order valence-electron chi connectivity index (χ3n) is 4.25. The molecular formula is C18H20N2O4. The summed E-state index contributed by atoms with van der Waals surface area (Å²) in [5, 5.41) is 0. The molecular weight excluding hydrogens is 308 g/mol. The highest BCUT2D eigenvalue weighted by Crippen LogP contribution is 2.33. The Hall–Kier alpha value is -2.76. The van der Waals surface area contributed by atoms with E-state index in [4.69, 9.17) is 9.47 Å². The van der Waals surface area contributed by atoms with Crippen LogP contribution in [0.15, 0.2) is 42.2 Å². The van der Waals surface area contributed by atoms with E-state index >= 15 is 0 Å². The standard InChI is InChI=1S/C18H20N2O4/c1-12(20(3)18(22)14-5-4-8-19(2)10-14)17(21)13-6-7-15-16(9-13)24-11-23-15/h4,6-10,12H,5,11H2,1-3H3/t12-/m0/s1. The van der Waals surface area contributed by atoms with Crippen LogP contribution in [0.2, 0.25) is 0 Å². The Morgan fingerprint density at radius 2 is 2.00 bits per heavy atom. The minimum Gasteiger partial charge on any atom is -0.454 e. The average Bonchev–Trinajstić information content (AvgIpc) is 3.06. The van der Waals surface area contributed by atoms with E-state index in [9.17, 15) is 9.59 Å². The molecule has 1 amide bonds. The van der Waals surface area contributed by atoms with Crippen molar-refractivity contribution in [2.45, 2.75) is 19.4 Å². The highest BCUT2D eigenvalue weighted by atomic mass is 16.7. The van der Waals surface area contributed by atoms with Crippen molar-refractivity contribution in [3.05, 3.63) is 47.8 Å². The van der Waals surface area contributed by atoms with Crippen molar-refractivity contribution in [1.82, 2.24) is 9.80 Å². The Kier molecular flexibility index (Phi) is 4.29. The molecule has 0 aromatic heterocycles. The summed E-state index contributed by atoms with van der Waals surface area (Å²) < 4.78 is 10.6. The van der Waals surface area contributed by atoms with Gasteiger partial charge in [0, 0.05) is 31.4 Å². The van der Waals surface area contributed by atoms with E-state index in [2.05, 4.69) is 0 Å². The number of allylic oxidation sites excluding steroid dienone is 1. The van der Waals surface area contributed by atoms with Gasteiger partial charge in [0.25, 0.3) is 5.91 Å². The number of ether oxygens (including phenoxy) is 2. The Morgan fingerprint density at radius 1 is 1.25 bits per heavy atom. The fraction of sp³-hybridized carbons (Fsp3) is 0.333. The van der Waals surface area contributed by atoms with Crippen LogP contribution >= 0.6 is 0 Å². The molecule has 1 aromatic rings. The smallest absolute Gasteiger partial charge is 0.251 e. The van der Waals surface area contributed by atoms with Crippen molar-refractivity contribution in [1.29, 1.82) is 0 Å². The molecule has 0 saturated carbocycles. The molecule has 1 aromatic carbocycles. The highest BCUT2D eigenvalue weighted by Gasteiger charge is 2.27. The van der Waals surface area contributed by atoms with Crippen molar-refractivity contribution >= 4 is 11.7 Å². The molecule has 6 heteroatoms. The normalized spacial score (nSPS) is 16.6. The van der Waals surface area contributed by atoms with Gasteiger partial charge < -0.3 is 19.3 Å². The number of hydrogen-bond donors (Lipinski definition) is 0. The Bertz CT molecular complexity index is 739. The number of hydrogen-bond acceptors (Lipinski definition) is 5.